The number of nitrogens with one attached hydrogen (secondary N) is 2. The SMILES string of the molecule is CN=C(NCC1CCCCC1)NC1C2CCOC2C12CCC2.I. The van der Waals surface area contributed by atoms with Crippen molar-refractivity contribution in [2.24, 2.45) is 22.2 Å². The Morgan fingerprint density at radius 1 is 1.13 bits per heavy atom. The Bertz CT molecular complexity index is 432. The first-order valence-electron chi connectivity index (χ1n) is 9.42. The van der Waals surface area contributed by atoms with Crippen LogP contribution in [0.4, 0.5) is 0 Å². The summed E-state index contributed by atoms with van der Waals surface area (Å²) in [7, 11) is 1.91. The third-order valence-electron chi connectivity index (χ3n) is 6.83. The lowest BCUT2D eigenvalue weighted by atomic mass is 9.46. The molecule has 4 aliphatic rings. The summed E-state index contributed by atoms with van der Waals surface area (Å²) in [5, 5.41) is 7.37. The van der Waals surface area contributed by atoms with E-state index in [0.29, 0.717) is 23.5 Å². The molecular formula is C18H32IN3O. The van der Waals surface area contributed by atoms with E-state index in [-0.39, 0.29) is 24.0 Å². The number of hydrogen-bond acceptors (Lipinski definition) is 2. The molecule has 2 N–H and O–H groups in total. The zero-order valence-corrected chi connectivity index (χ0v) is 16.7. The molecule has 5 heteroatoms. The lowest BCUT2D eigenvalue weighted by Crippen LogP contribution is -2.72. The van der Waals surface area contributed by atoms with Crippen molar-refractivity contribution in [1.29, 1.82) is 0 Å². The van der Waals surface area contributed by atoms with E-state index in [1.165, 1.54) is 57.8 Å². The zero-order chi connectivity index (χ0) is 15.0. The lowest BCUT2D eigenvalue weighted by molar-refractivity contribution is -0.171. The topological polar surface area (TPSA) is 45.7 Å². The van der Waals surface area contributed by atoms with E-state index < -0.39 is 0 Å². The van der Waals surface area contributed by atoms with Crippen LogP contribution in [0.25, 0.3) is 0 Å². The lowest BCUT2D eigenvalue weighted by Gasteiger charge is -2.63. The second kappa shape index (κ2) is 7.46. The summed E-state index contributed by atoms with van der Waals surface area (Å²) in [5.41, 5.74) is 0.434. The molecule has 0 aromatic heterocycles. The molecule has 4 fully saturated rings. The van der Waals surface area contributed by atoms with E-state index in [9.17, 15) is 0 Å². The number of ether oxygens (including phenoxy) is 1. The predicted molar refractivity (Wildman–Crippen MR) is 104 cm³/mol. The molecule has 3 atom stereocenters. The van der Waals surface area contributed by atoms with Gasteiger partial charge in [-0.25, -0.2) is 0 Å². The van der Waals surface area contributed by atoms with Crippen LogP contribution in [0, 0.1) is 17.3 Å². The van der Waals surface area contributed by atoms with Crippen LogP contribution >= 0.6 is 24.0 Å². The molecular weight excluding hydrogens is 401 g/mol. The summed E-state index contributed by atoms with van der Waals surface area (Å²) in [5.74, 6) is 2.58. The molecule has 23 heavy (non-hydrogen) atoms. The molecule has 1 heterocycles. The number of fused-ring (bicyclic) bond motifs is 2. The molecule has 0 amide bonds. The fourth-order valence-electron chi connectivity index (χ4n) is 5.43. The Morgan fingerprint density at radius 3 is 2.57 bits per heavy atom. The summed E-state index contributed by atoms with van der Waals surface area (Å²) < 4.78 is 6.01. The van der Waals surface area contributed by atoms with Gasteiger partial charge >= 0.3 is 0 Å². The third kappa shape index (κ3) is 3.12. The van der Waals surface area contributed by atoms with Gasteiger partial charge in [0.1, 0.15) is 0 Å². The van der Waals surface area contributed by atoms with Crippen molar-refractivity contribution in [3.05, 3.63) is 0 Å². The van der Waals surface area contributed by atoms with Gasteiger partial charge in [0, 0.05) is 37.6 Å². The molecule has 1 saturated heterocycles. The molecule has 4 rings (SSSR count). The molecule has 1 aliphatic heterocycles. The second-order valence-corrected chi connectivity index (χ2v) is 7.91. The van der Waals surface area contributed by atoms with E-state index in [1.54, 1.807) is 0 Å². The molecule has 0 radical (unpaired) electrons. The largest absolute Gasteiger partial charge is 0.377 e. The Kier molecular flexibility index (Phi) is 5.76. The predicted octanol–water partition coefficient (Wildman–Crippen LogP) is 3.31. The van der Waals surface area contributed by atoms with Gasteiger partial charge in [0.15, 0.2) is 5.96 Å². The zero-order valence-electron chi connectivity index (χ0n) is 14.4. The maximum atomic E-state index is 6.01. The van der Waals surface area contributed by atoms with Gasteiger partial charge in [-0.15, -0.1) is 24.0 Å². The van der Waals surface area contributed by atoms with Crippen LogP contribution < -0.4 is 10.6 Å². The van der Waals surface area contributed by atoms with Crippen molar-refractivity contribution >= 4 is 29.9 Å². The van der Waals surface area contributed by atoms with Gasteiger partial charge in [-0.05, 0) is 38.0 Å². The average molecular weight is 433 g/mol. The standard InChI is InChI=1S/C18H31N3O.HI/c1-19-17(20-12-13-6-3-2-4-7-13)21-15-14-8-11-22-16(14)18(15)9-5-10-18;/h13-16H,2-12H2,1H3,(H2,19,20,21);1H. The fourth-order valence-corrected chi connectivity index (χ4v) is 5.43. The van der Waals surface area contributed by atoms with Crippen LogP contribution in [0.5, 0.6) is 0 Å². The molecule has 3 saturated carbocycles. The molecule has 132 valence electrons. The van der Waals surface area contributed by atoms with Gasteiger partial charge in [-0.1, -0.05) is 25.7 Å². The number of halogens is 1. The van der Waals surface area contributed by atoms with E-state index >= 15 is 0 Å². The molecule has 1 spiro atoms. The molecule has 0 bridgehead atoms. The minimum Gasteiger partial charge on any atom is -0.377 e. The molecule has 3 aliphatic carbocycles. The maximum absolute atomic E-state index is 6.01. The number of nitrogens with zero attached hydrogens (tertiary/aromatic N) is 1. The highest BCUT2D eigenvalue weighted by Gasteiger charge is 2.66. The summed E-state index contributed by atoms with van der Waals surface area (Å²) in [6, 6.07) is 0.589. The molecule has 3 unspecified atom stereocenters. The van der Waals surface area contributed by atoms with Gasteiger partial charge in [0.25, 0.3) is 0 Å². The normalized spacial score (nSPS) is 35.7. The van der Waals surface area contributed by atoms with E-state index in [1.807, 2.05) is 7.05 Å². The van der Waals surface area contributed by atoms with Crippen molar-refractivity contribution in [1.82, 2.24) is 10.6 Å². The highest BCUT2D eigenvalue weighted by molar-refractivity contribution is 14.0. The van der Waals surface area contributed by atoms with Crippen LogP contribution in [0.15, 0.2) is 4.99 Å². The fraction of sp³-hybridized carbons (Fsp3) is 0.944. The van der Waals surface area contributed by atoms with E-state index in [4.69, 9.17) is 4.74 Å². The average Bonchev–Trinajstić information content (AvgIpc) is 2.92. The smallest absolute Gasteiger partial charge is 0.191 e. The van der Waals surface area contributed by atoms with E-state index in [2.05, 4.69) is 15.6 Å². The summed E-state index contributed by atoms with van der Waals surface area (Å²) in [6.07, 6.45) is 12.8. The summed E-state index contributed by atoms with van der Waals surface area (Å²) in [4.78, 5) is 4.49. The Labute approximate surface area is 157 Å². The number of aliphatic imine (C=N–C) groups is 1. The van der Waals surface area contributed by atoms with Crippen molar-refractivity contribution in [2.75, 3.05) is 20.2 Å². The van der Waals surface area contributed by atoms with Crippen molar-refractivity contribution < 1.29 is 4.74 Å². The number of guanidine groups is 1. The highest BCUT2D eigenvalue weighted by atomic mass is 127. The first-order chi connectivity index (χ1) is 10.8. The van der Waals surface area contributed by atoms with Gasteiger partial charge in [0.2, 0.25) is 0 Å². The molecule has 0 aromatic carbocycles. The molecule has 0 aromatic rings. The minimum absolute atomic E-state index is 0. The summed E-state index contributed by atoms with van der Waals surface area (Å²) >= 11 is 0. The Morgan fingerprint density at radius 2 is 1.91 bits per heavy atom. The van der Waals surface area contributed by atoms with Crippen molar-refractivity contribution in [3.8, 4) is 0 Å². The second-order valence-electron chi connectivity index (χ2n) is 7.91. The van der Waals surface area contributed by atoms with Crippen LogP contribution in [0.2, 0.25) is 0 Å². The third-order valence-corrected chi connectivity index (χ3v) is 6.83. The quantitative estimate of drug-likeness (QED) is 0.408. The first-order valence-corrected chi connectivity index (χ1v) is 9.42. The summed E-state index contributed by atoms with van der Waals surface area (Å²) in [6.45, 7) is 2.05. The van der Waals surface area contributed by atoms with Crippen LogP contribution in [-0.2, 0) is 4.74 Å². The number of hydrogen-bond donors (Lipinski definition) is 2. The van der Waals surface area contributed by atoms with E-state index in [0.717, 1.165) is 25.0 Å². The van der Waals surface area contributed by atoms with Gasteiger partial charge in [-0.3, -0.25) is 4.99 Å². The Balaban J connectivity index is 0.00000156. The Hall–Kier alpha value is -0.0400. The van der Waals surface area contributed by atoms with Crippen LogP contribution in [0.1, 0.15) is 57.8 Å². The monoisotopic (exact) mass is 433 g/mol. The van der Waals surface area contributed by atoms with Crippen molar-refractivity contribution in [3.63, 3.8) is 0 Å². The first kappa shape index (κ1) is 17.8. The number of rotatable bonds is 3. The maximum Gasteiger partial charge on any atom is 0.191 e. The molecule has 4 nitrogen and oxygen atoms in total. The van der Waals surface area contributed by atoms with Crippen molar-refractivity contribution in [2.45, 2.75) is 69.9 Å². The van der Waals surface area contributed by atoms with Gasteiger partial charge in [0.05, 0.1) is 6.10 Å². The van der Waals surface area contributed by atoms with Crippen LogP contribution in [-0.4, -0.2) is 38.3 Å². The van der Waals surface area contributed by atoms with Gasteiger partial charge < -0.3 is 15.4 Å². The van der Waals surface area contributed by atoms with Gasteiger partial charge in [-0.2, -0.15) is 0 Å². The highest BCUT2D eigenvalue weighted by Crippen LogP contribution is 2.62. The van der Waals surface area contributed by atoms with Crippen LogP contribution in [0.3, 0.4) is 0 Å². The minimum atomic E-state index is 0.